The van der Waals surface area contributed by atoms with E-state index in [2.05, 4.69) is 22.5 Å². The van der Waals surface area contributed by atoms with Gasteiger partial charge in [0.2, 0.25) is 0 Å². The highest BCUT2D eigenvalue weighted by Crippen LogP contribution is 2.32. The van der Waals surface area contributed by atoms with Gasteiger partial charge in [0.15, 0.2) is 0 Å². The molecule has 2 aliphatic rings. The SMILES string of the molecule is CNC(=O)N1CCCC([C@@H]2CC[C@@H](C)CN2C(=O)C(=O)Nc2cnc(N)c(C)c2)C1. The molecule has 3 heterocycles. The van der Waals surface area contributed by atoms with Crippen LogP contribution >= 0.6 is 0 Å². The van der Waals surface area contributed by atoms with Crippen molar-refractivity contribution in [2.75, 3.05) is 37.7 Å². The van der Waals surface area contributed by atoms with Crippen LogP contribution in [0.25, 0.3) is 0 Å². The number of nitrogens with two attached hydrogens (primary N) is 1. The molecule has 0 spiro atoms. The molecule has 0 aliphatic carbocycles. The van der Waals surface area contributed by atoms with Crippen LogP contribution < -0.4 is 16.4 Å². The molecule has 0 saturated carbocycles. The molecule has 9 heteroatoms. The number of amides is 4. The number of piperidine rings is 2. The molecule has 1 aromatic heterocycles. The molecular weight excluding hydrogens is 384 g/mol. The summed E-state index contributed by atoms with van der Waals surface area (Å²) in [6.07, 6.45) is 5.14. The van der Waals surface area contributed by atoms with Crippen molar-refractivity contribution in [3.63, 3.8) is 0 Å². The Morgan fingerprint density at radius 3 is 2.67 bits per heavy atom. The topological polar surface area (TPSA) is 121 Å². The van der Waals surface area contributed by atoms with Crippen molar-refractivity contribution in [3.8, 4) is 0 Å². The zero-order valence-corrected chi connectivity index (χ0v) is 18.0. The van der Waals surface area contributed by atoms with Gasteiger partial charge in [0.25, 0.3) is 0 Å². The maximum absolute atomic E-state index is 13.1. The van der Waals surface area contributed by atoms with Gasteiger partial charge in [-0.3, -0.25) is 9.59 Å². The van der Waals surface area contributed by atoms with Gasteiger partial charge in [-0.05, 0) is 56.1 Å². The fraction of sp³-hybridized carbons (Fsp3) is 0.619. The summed E-state index contributed by atoms with van der Waals surface area (Å²) in [5, 5.41) is 5.34. The number of hydrogen-bond donors (Lipinski definition) is 3. The maximum Gasteiger partial charge on any atom is 0.317 e. The molecule has 0 bridgehead atoms. The maximum atomic E-state index is 13.1. The summed E-state index contributed by atoms with van der Waals surface area (Å²) in [6.45, 7) is 5.76. The molecule has 1 unspecified atom stereocenters. The molecule has 3 atom stereocenters. The van der Waals surface area contributed by atoms with Crippen molar-refractivity contribution >= 4 is 29.4 Å². The molecule has 3 rings (SSSR count). The Kier molecular flexibility index (Phi) is 6.79. The average molecular weight is 417 g/mol. The number of likely N-dealkylation sites (tertiary alicyclic amines) is 2. The number of carbonyl (C=O) groups is 3. The first-order valence-electron chi connectivity index (χ1n) is 10.6. The van der Waals surface area contributed by atoms with E-state index in [1.54, 1.807) is 29.8 Å². The second-order valence-electron chi connectivity index (χ2n) is 8.49. The minimum Gasteiger partial charge on any atom is -0.383 e. The summed E-state index contributed by atoms with van der Waals surface area (Å²) < 4.78 is 0. The molecule has 2 aliphatic heterocycles. The Labute approximate surface area is 177 Å². The second-order valence-corrected chi connectivity index (χ2v) is 8.49. The smallest absolute Gasteiger partial charge is 0.317 e. The lowest BCUT2D eigenvalue weighted by molar-refractivity contribution is -0.148. The standard InChI is InChI=1S/C21H32N6O3/c1-13-6-7-17(15-5-4-8-26(12-15)21(30)23-3)27(11-13)20(29)19(28)25-16-9-14(2)18(22)24-10-16/h9-10,13,15,17H,4-8,11-12H2,1-3H3,(H2,22,24)(H,23,30)(H,25,28)/t13-,15?,17+/m1/s1. The highest BCUT2D eigenvalue weighted by Gasteiger charge is 2.39. The lowest BCUT2D eigenvalue weighted by Crippen LogP contribution is -2.56. The Morgan fingerprint density at radius 1 is 1.20 bits per heavy atom. The fourth-order valence-corrected chi connectivity index (χ4v) is 4.53. The molecule has 30 heavy (non-hydrogen) atoms. The summed E-state index contributed by atoms with van der Waals surface area (Å²) >= 11 is 0. The molecule has 9 nitrogen and oxygen atoms in total. The number of aryl methyl sites for hydroxylation is 1. The van der Waals surface area contributed by atoms with Gasteiger partial charge in [-0.2, -0.15) is 0 Å². The van der Waals surface area contributed by atoms with Gasteiger partial charge in [-0.1, -0.05) is 6.92 Å². The van der Waals surface area contributed by atoms with Gasteiger partial charge in [0.05, 0.1) is 11.9 Å². The first-order chi connectivity index (χ1) is 14.3. The molecule has 0 aromatic carbocycles. The monoisotopic (exact) mass is 416 g/mol. The number of nitrogen functional groups attached to an aromatic ring is 1. The van der Waals surface area contributed by atoms with Crippen LogP contribution in [0, 0.1) is 18.8 Å². The van der Waals surface area contributed by atoms with E-state index in [0.29, 0.717) is 30.5 Å². The van der Waals surface area contributed by atoms with Crippen LogP contribution in [0.15, 0.2) is 12.3 Å². The van der Waals surface area contributed by atoms with Gasteiger partial charge in [0, 0.05) is 32.7 Å². The molecule has 4 amide bonds. The first kappa shape index (κ1) is 21.9. The lowest BCUT2D eigenvalue weighted by atomic mass is 9.82. The minimum atomic E-state index is -0.668. The number of anilines is 2. The summed E-state index contributed by atoms with van der Waals surface area (Å²) in [5.74, 6) is -0.308. The van der Waals surface area contributed by atoms with Gasteiger partial charge < -0.3 is 26.2 Å². The highest BCUT2D eigenvalue weighted by atomic mass is 16.2. The van der Waals surface area contributed by atoms with Crippen molar-refractivity contribution in [3.05, 3.63) is 17.8 Å². The predicted octanol–water partition coefficient (Wildman–Crippen LogP) is 1.59. The van der Waals surface area contributed by atoms with E-state index in [0.717, 1.165) is 37.8 Å². The molecular formula is C21H32N6O3. The number of urea groups is 1. The molecule has 164 valence electrons. The third-order valence-electron chi connectivity index (χ3n) is 6.20. The molecule has 2 saturated heterocycles. The normalized spacial score (nSPS) is 24.3. The zero-order valence-electron chi connectivity index (χ0n) is 18.0. The highest BCUT2D eigenvalue weighted by molar-refractivity contribution is 6.39. The zero-order chi connectivity index (χ0) is 21.8. The number of aromatic nitrogens is 1. The third kappa shape index (κ3) is 4.83. The summed E-state index contributed by atoms with van der Waals surface area (Å²) in [4.78, 5) is 45.5. The van der Waals surface area contributed by atoms with Crippen LogP contribution in [0.3, 0.4) is 0 Å². The van der Waals surface area contributed by atoms with Gasteiger partial charge >= 0.3 is 17.8 Å². The van der Waals surface area contributed by atoms with E-state index in [4.69, 9.17) is 5.73 Å². The lowest BCUT2D eigenvalue weighted by Gasteiger charge is -2.45. The Morgan fingerprint density at radius 2 is 1.97 bits per heavy atom. The Hall–Kier alpha value is -2.84. The summed E-state index contributed by atoms with van der Waals surface area (Å²) in [7, 11) is 1.63. The summed E-state index contributed by atoms with van der Waals surface area (Å²) in [6, 6.07) is 1.57. The Bertz CT molecular complexity index is 814. The van der Waals surface area contributed by atoms with E-state index in [9.17, 15) is 14.4 Å². The van der Waals surface area contributed by atoms with Crippen LogP contribution in [0.5, 0.6) is 0 Å². The van der Waals surface area contributed by atoms with Crippen LogP contribution in [-0.4, -0.2) is 65.4 Å². The van der Waals surface area contributed by atoms with E-state index >= 15 is 0 Å². The number of nitrogens with zero attached hydrogens (tertiary/aromatic N) is 3. The minimum absolute atomic E-state index is 0.0433. The van der Waals surface area contributed by atoms with Crippen molar-refractivity contribution in [2.24, 2.45) is 11.8 Å². The molecule has 2 fully saturated rings. The van der Waals surface area contributed by atoms with Crippen LogP contribution in [0.4, 0.5) is 16.3 Å². The van der Waals surface area contributed by atoms with E-state index in [1.165, 1.54) is 6.20 Å². The van der Waals surface area contributed by atoms with Crippen LogP contribution in [-0.2, 0) is 9.59 Å². The average Bonchev–Trinajstić information content (AvgIpc) is 2.75. The number of pyridine rings is 1. The van der Waals surface area contributed by atoms with Crippen LogP contribution in [0.1, 0.15) is 38.2 Å². The van der Waals surface area contributed by atoms with Crippen molar-refractivity contribution in [2.45, 2.75) is 45.6 Å². The van der Waals surface area contributed by atoms with Crippen molar-refractivity contribution < 1.29 is 14.4 Å². The molecule has 0 radical (unpaired) electrons. The van der Waals surface area contributed by atoms with Gasteiger partial charge in [-0.15, -0.1) is 0 Å². The summed E-state index contributed by atoms with van der Waals surface area (Å²) in [5.41, 5.74) is 6.91. The van der Waals surface area contributed by atoms with E-state index < -0.39 is 11.8 Å². The fourth-order valence-electron chi connectivity index (χ4n) is 4.53. The van der Waals surface area contributed by atoms with Gasteiger partial charge in [-0.25, -0.2) is 9.78 Å². The third-order valence-corrected chi connectivity index (χ3v) is 6.20. The van der Waals surface area contributed by atoms with E-state index in [1.807, 2.05) is 0 Å². The van der Waals surface area contributed by atoms with Crippen LogP contribution in [0.2, 0.25) is 0 Å². The first-order valence-corrected chi connectivity index (χ1v) is 10.6. The molecule has 1 aromatic rings. The molecule has 4 N–H and O–H groups in total. The van der Waals surface area contributed by atoms with Crippen molar-refractivity contribution in [1.29, 1.82) is 0 Å². The number of carbonyl (C=O) groups excluding carboxylic acids is 3. The van der Waals surface area contributed by atoms with Crippen molar-refractivity contribution in [1.82, 2.24) is 20.1 Å². The predicted molar refractivity (Wildman–Crippen MR) is 115 cm³/mol. The number of rotatable bonds is 2. The quantitative estimate of drug-likeness (QED) is 0.632. The second kappa shape index (κ2) is 9.32. The van der Waals surface area contributed by atoms with E-state index in [-0.39, 0.29) is 18.0 Å². The largest absolute Gasteiger partial charge is 0.383 e. The van der Waals surface area contributed by atoms with Gasteiger partial charge in [0.1, 0.15) is 5.82 Å². The number of hydrogen-bond acceptors (Lipinski definition) is 5. The Balaban J connectivity index is 1.73. The number of nitrogens with one attached hydrogen (secondary N) is 2.